The predicted molar refractivity (Wildman–Crippen MR) is 96.0 cm³/mol. The van der Waals surface area contributed by atoms with Crippen molar-refractivity contribution in [2.45, 2.75) is 13.5 Å². The summed E-state index contributed by atoms with van der Waals surface area (Å²) >= 11 is 0. The summed E-state index contributed by atoms with van der Waals surface area (Å²) in [6.07, 6.45) is 1.49. The molecule has 1 N–H and O–H groups in total. The number of hydrogen-bond donors (Lipinski definition) is 1. The topological polar surface area (TPSA) is 98.4 Å². The Balaban J connectivity index is 1.77. The Labute approximate surface area is 151 Å². The second-order valence-corrected chi connectivity index (χ2v) is 5.54. The van der Waals surface area contributed by atoms with Gasteiger partial charge < -0.3 is 24.2 Å². The third-order valence-electron chi connectivity index (χ3n) is 3.66. The highest BCUT2D eigenvalue weighted by Crippen LogP contribution is 2.31. The van der Waals surface area contributed by atoms with Gasteiger partial charge in [0.2, 0.25) is 5.89 Å². The molecule has 3 rings (SSSR count). The van der Waals surface area contributed by atoms with Crippen LogP contribution in [-0.2, 0) is 6.54 Å². The van der Waals surface area contributed by atoms with Crippen LogP contribution in [0.3, 0.4) is 0 Å². The molecule has 0 atom stereocenters. The normalized spacial score (nSPS) is 10.5. The van der Waals surface area contributed by atoms with Crippen LogP contribution in [0.4, 0.5) is 17.3 Å². The summed E-state index contributed by atoms with van der Waals surface area (Å²) in [5, 5.41) is 7.13. The van der Waals surface area contributed by atoms with Crippen LogP contribution in [0.2, 0.25) is 0 Å². The smallest absolute Gasteiger partial charge is 0.223 e. The molecule has 0 bridgehead atoms. The molecule has 0 aliphatic carbocycles. The molecule has 9 nitrogen and oxygen atoms in total. The van der Waals surface area contributed by atoms with Crippen molar-refractivity contribution in [3.63, 3.8) is 0 Å². The summed E-state index contributed by atoms with van der Waals surface area (Å²) in [5.74, 6) is 3.85. The number of hydrogen-bond acceptors (Lipinski definition) is 9. The van der Waals surface area contributed by atoms with E-state index in [1.54, 1.807) is 27.2 Å². The average molecular weight is 356 g/mol. The largest absolute Gasteiger partial charge is 0.497 e. The standard InChI is InChI=1S/C17H20N6O3/c1-11-20-16(22-26-11)9-23(2)17-8-15(18-10-19-17)21-13-6-5-12(24-3)7-14(13)25-4/h5-8,10H,9H2,1-4H3,(H,18,19,21). The Hall–Kier alpha value is -3.36. The minimum Gasteiger partial charge on any atom is -0.497 e. The third kappa shape index (κ3) is 4.00. The number of aryl methyl sites for hydroxylation is 1. The summed E-state index contributed by atoms with van der Waals surface area (Å²) in [6.45, 7) is 2.23. The molecule has 26 heavy (non-hydrogen) atoms. The van der Waals surface area contributed by atoms with Crippen molar-refractivity contribution in [3.8, 4) is 11.5 Å². The molecule has 0 unspecified atom stereocenters. The molecule has 9 heteroatoms. The van der Waals surface area contributed by atoms with Gasteiger partial charge in [0.05, 0.1) is 26.5 Å². The van der Waals surface area contributed by atoms with Crippen LogP contribution < -0.4 is 19.7 Å². The first-order valence-electron chi connectivity index (χ1n) is 7.90. The molecule has 0 aliphatic rings. The van der Waals surface area contributed by atoms with Crippen LogP contribution >= 0.6 is 0 Å². The number of nitrogens with zero attached hydrogens (tertiary/aromatic N) is 5. The molecule has 1 aromatic carbocycles. The monoisotopic (exact) mass is 356 g/mol. The fourth-order valence-corrected chi connectivity index (χ4v) is 2.36. The number of benzene rings is 1. The zero-order valence-electron chi connectivity index (χ0n) is 15.1. The fourth-order valence-electron chi connectivity index (χ4n) is 2.36. The summed E-state index contributed by atoms with van der Waals surface area (Å²) in [4.78, 5) is 14.7. The van der Waals surface area contributed by atoms with E-state index in [4.69, 9.17) is 14.0 Å². The Morgan fingerprint density at radius 1 is 1.15 bits per heavy atom. The second-order valence-electron chi connectivity index (χ2n) is 5.54. The lowest BCUT2D eigenvalue weighted by molar-refractivity contribution is 0.387. The summed E-state index contributed by atoms with van der Waals surface area (Å²) in [5.41, 5.74) is 0.773. The van der Waals surface area contributed by atoms with E-state index < -0.39 is 0 Å². The van der Waals surface area contributed by atoms with E-state index in [-0.39, 0.29) is 0 Å². The minimum absolute atomic E-state index is 0.472. The summed E-state index contributed by atoms with van der Waals surface area (Å²) in [6, 6.07) is 7.34. The molecule has 0 saturated heterocycles. The number of aromatic nitrogens is 4. The van der Waals surface area contributed by atoms with Gasteiger partial charge >= 0.3 is 0 Å². The Morgan fingerprint density at radius 2 is 2.00 bits per heavy atom. The van der Waals surface area contributed by atoms with Gasteiger partial charge in [0.25, 0.3) is 0 Å². The van der Waals surface area contributed by atoms with Gasteiger partial charge in [-0.05, 0) is 12.1 Å². The highest BCUT2D eigenvalue weighted by Gasteiger charge is 2.11. The van der Waals surface area contributed by atoms with Crippen LogP contribution in [0.15, 0.2) is 35.1 Å². The lowest BCUT2D eigenvalue weighted by atomic mass is 10.2. The van der Waals surface area contributed by atoms with E-state index in [2.05, 4.69) is 25.4 Å². The molecule has 0 radical (unpaired) electrons. The van der Waals surface area contributed by atoms with Crippen LogP contribution in [0, 0.1) is 6.92 Å². The van der Waals surface area contributed by atoms with E-state index >= 15 is 0 Å². The maximum absolute atomic E-state index is 5.40. The highest BCUT2D eigenvalue weighted by molar-refractivity contribution is 5.67. The zero-order valence-corrected chi connectivity index (χ0v) is 15.1. The van der Waals surface area contributed by atoms with Crippen molar-refractivity contribution >= 4 is 17.3 Å². The molecule has 136 valence electrons. The Morgan fingerprint density at radius 3 is 2.69 bits per heavy atom. The SMILES string of the molecule is COc1ccc(Nc2cc(N(C)Cc3noc(C)n3)ncn2)c(OC)c1. The first kappa shape index (κ1) is 17.5. The molecule has 2 aromatic heterocycles. The quantitative estimate of drug-likeness (QED) is 0.684. The maximum Gasteiger partial charge on any atom is 0.223 e. The first-order valence-corrected chi connectivity index (χ1v) is 7.90. The number of rotatable bonds is 7. The molecular weight excluding hydrogens is 336 g/mol. The average Bonchev–Trinajstić information content (AvgIpc) is 3.07. The minimum atomic E-state index is 0.472. The van der Waals surface area contributed by atoms with Gasteiger partial charge in [0.1, 0.15) is 29.5 Å². The second kappa shape index (κ2) is 7.68. The summed E-state index contributed by atoms with van der Waals surface area (Å²) < 4.78 is 15.6. The van der Waals surface area contributed by atoms with E-state index in [0.29, 0.717) is 35.6 Å². The van der Waals surface area contributed by atoms with Gasteiger partial charge in [-0.15, -0.1) is 0 Å². The summed E-state index contributed by atoms with van der Waals surface area (Å²) in [7, 11) is 5.11. The lowest BCUT2D eigenvalue weighted by Gasteiger charge is -2.17. The highest BCUT2D eigenvalue weighted by atomic mass is 16.5. The first-order chi connectivity index (χ1) is 12.6. The van der Waals surface area contributed by atoms with Gasteiger partial charge in [-0.2, -0.15) is 4.98 Å². The number of ether oxygens (including phenoxy) is 2. The van der Waals surface area contributed by atoms with Crippen molar-refractivity contribution in [2.75, 3.05) is 31.5 Å². The molecule has 3 aromatic rings. The molecule has 0 saturated carbocycles. The van der Waals surface area contributed by atoms with Crippen LogP contribution in [0.1, 0.15) is 11.7 Å². The van der Waals surface area contributed by atoms with Crippen LogP contribution in [0.25, 0.3) is 0 Å². The van der Waals surface area contributed by atoms with E-state index in [9.17, 15) is 0 Å². The molecule has 2 heterocycles. The Kier molecular flexibility index (Phi) is 5.16. The van der Waals surface area contributed by atoms with Gasteiger partial charge in [-0.1, -0.05) is 5.16 Å². The molecule has 0 fully saturated rings. The van der Waals surface area contributed by atoms with Crippen LogP contribution in [-0.4, -0.2) is 41.4 Å². The van der Waals surface area contributed by atoms with E-state index in [1.165, 1.54) is 6.33 Å². The van der Waals surface area contributed by atoms with Crippen LogP contribution in [0.5, 0.6) is 11.5 Å². The maximum atomic E-state index is 5.40. The van der Waals surface area contributed by atoms with Gasteiger partial charge in [0, 0.05) is 26.1 Å². The van der Waals surface area contributed by atoms with Crippen molar-refractivity contribution in [1.29, 1.82) is 0 Å². The lowest BCUT2D eigenvalue weighted by Crippen LogP contribution is -2.18. The van der Waals surface area contributed by atoms with Crippen molar-refractivity contribution in [1.82, 2.24) is 20.1 Å². The van der Waals surface area contributed by atoms with E-state index in [1.807, 2.05) is 30.1 Å². The fraction of sp³-hybridized carbons (Fsp3) is 0.294. The molecule has 0 aliphatic heterocycles. The number of methoxy groups -OCH3 is 2. The molecule has 0 spiro atoms. The van der Waals surface area contributed by atoms with Gasteiger partial charge in [-0.3, -0.25) is 0 Å². The van der Waals surface area contributed by atoms with E-state index in [0.717, 1.165) is 11.5 Å². The van der Waals surface area contributed by atoms with Crippen molar-refractivity contribution in [2.24, 2.45) is 0 Å². The molecule has 0 amide bonds. The predicted octanol–water partition coefficient (Wildman–Crippen LogP) is 2.57. The van der Waals surface area contributed by atoms with Crippen molar-refractivity contribution in [3.05, 3.63) is 42.3 Å². The number of anilines is 3. The van der Waals surface area contributed by atoms with Gasteiger partial charge in [0.15, 0.2) is 5.82 Å². The zero-order chi connectivity index (χ0) is 18.5. The number of nitrogens with one attached hydrogen (secondary N) is 1. The molecular formula is C17H20N6O3. The Bertz CT molecular complexity index is 882. The van der Waals surface area contributed by atoms with Gasteiger partial charge in [-0.25, -0.2) is 9.97 Å². The third-order valence-corrected chi connectivity index (χ3v) is 3.66. The van der Waals surface area contributed by atoms with Crippen molar-refractivity contribution < 1.29 is 14.0 Å².